The Balaban J connectivity index is 1.77. The van der Waals surface area contributed by atoms with Gasteiger partial charge in [-0.15, -0.1) is 0 Å². The number of fused-ring (bicyclic) bond motifs is 1. The third-order valence-corrected chi connectivity index (χ3v) is 3.99. The maximum atomic E-state index is 13.8. The highest BCUT2D eigenvalue weighted by atomic mass is 35.5. The molecule has 7 heteroatoms. The molecule has 0 saturated carbocycles. The second-order valence-corrected chi connectivity index (χ2v) is 5.69. The maximum Gasteiger partial charge on any atom is 0.251 e. The number of carbonyl (C=O) groups excluding carboxylic acids is 1. The summed E-state index contributed by atoms with van der Waals surface area (Å²) in [5.41, 5.74) is 0.957. The second-order valence-electron chi connectivity index (χ2n) is 5.28. The fourth-order valence-electron chi connectivity index (χ4n) is 2.41. The molecule has 1 heterocycles. The summed E-state index contributed by atoms with van der Waals surface area (Å²) in [7, 11) is 1.40. The van der Waals surface area contributed by atoms with Gasteiger partial charge in [-0.05, 0) is 36.8 Å². The van der Waals surface area contributed by atoms with Crippen molar-refractivity contribution in [3.05, 3.63) is 52.3 Å². The average molecular weight is 352 g/mol. The average Bonchev–Trinajstić information content (AvgIpc) is 3.03. The van der Waals surface area contributed by atoms with Crippen LogP contribution in [0.2, 0.25) is 5.02 Å². The van der Waals surface area contributed by atoms with E-state index in [0.717, 1.165) is 0 Å². The van der Waals surface area contributed by atoms with E-state index in [4.69, 9.17) is 25.8 Å². The lowest BCUT2D eigenvalue weighted by Crippen LogP contribution is -2.26. The summed E-state index contributed by atoms with van der Waals surface area (Å²) in [5.74, 6) is 0.176. The Kier molecular flexibility index (Phi) is 4.49. The number of methoxy groups -OCH3 is 1. The smallest absolute Gasteiger partial charge is 0.251 e. The predicted octanol–water partition coefficient (Wildman–Crippen LogP) is 3.71. The zero-order chi connectivity index (χ0) is 17.3. The van der Waals surface area contributed by atoms with Gasteiger partial charge in [0, 0.05) is 5.56 Å². The standard InChI is InChI=1S/C17H15ClFNO4/c1-9(10-3-4-14(22-2)13(19)6-10)20-17(21)11-5-12(18)16-15(7-11)23-8-24-16/h3-7,9H,8H2,1-2H3,(H,20,21)/t9-/m1/s1. The molecule has 0 fully saturated rings. The lowest BCUT2D eigenvalue weighted by atomic mass is 10.1. The number of ether oxygens (including phenoxy) is 3. The van der Waals surface area contributed by atoms with E-state index in [1.165, 1.54) is 25.3 Å². The molecular formula is C17H15ClFNO4. The van der Waals surface area contributed by atoms with E-state index >= 15 is 0 Å². The van der Waals surface area contributed by atoms with Crippen LogP contribution in [0.4, 0.5) is 4.39 Å². The molecule has 0 radical (unpaired) electrons. The highest BCUT2D eigenvalue weighted by Crippen LogP contribution is 2.39. The first kappa shape index (κ1) is 16.4. The Bertz CT molecular complexity index is 796. The van der Waals surface area contributed by atoms with Gasteiger partial charge in [-0.1, -0.05) is 17.7 Å². The first-order valence-electron chi connectivity index (χ1n) is 7.23. The van der Waals surface area contributed by atoms with Gasteiger partial charge in [0.05, 0.1) is 18.2 Å². The molecule has 0 aliphatic carbocycles. The SMILES string of the molecule is COc1ccc([C@@H](C)NC(=O)c2cc(Cl)c3c(c2)OCO3)cc1F. The topological polar surface area (TPSA) is 56.8 Å². The highest BCUT2D eigenvalue weighted by Gasteiger charge is 2.21. The van der Waals surface area contributed by atoms with Gasteiger partial charge in [-0.3, -0.25) is 4.79 Å². The Morgan fingerprint density at radius 1 is 1.33 bits per heavy atom. The van der Waals surface area contributed by atoms with Crippen LogP contribution in [0.1, 0.15) is 28.9 Å². The molecule has 24 heavy (non-hydrogen) atoms. The lowest BCUT2D eigenvalue weighted by molar-refractivity contribution is 0.0939. The Labute approximate surface area is 143 Å². The van der Waals surface area contributed by atoms with E-state index in [-0.39, 0.29) is 18.4 Å². The number of rotatable bonds is 4. The van der Waals surface area contributed by atoms with Crippen LogP contribution in [-0.2, 0) is 0 Å². The van der Waals surface area contributed by atoms with Crippen molar-refractivity contribution in [1.82, 2.24) is 5.32 Å². The van der Waals surface area contributed by atoms with Gasteiger partial charge in [0.25, 0.3) is 5.91 Å². The summed E-state index contributed by atoms with van der Waals surface area (Å²) in [4.78, 5) is 12.4. The molecule has 0 bridgehead atoms. The summed E-state index contributed by atoms with van der Waals surface area (Å²) in [6, 6.07) is 7.21. The molecule has 0 unspecified atom stereocenters. The lowest BCUT2D eigenvalue weighted by Gasteiger charge is -2.15. The summed E-state index contributed by atoms with van der Waals surface area (Å²) >= 11 is 6.08. The minimum Gasteiger partial charge on any atom is -0.494 e. The van der Waals surface area contributed by atoms with Gasteiger partial charge in [0.15, 0.2) is 23.1 Å². The molecule has 1 N–H and O–H groups in total. The first-order chi connectivity index (χ1) is 11.5. The Morgan fingerprint density at radius 2 is 2.12 bits per heavy atom. The number of hydrogen-bond acceptors (Lipinski definition) is 4. The van der Waals surface area contributed by atoms with Crippen LogP contribution in [0.25, 0.3) is 0 Å². The van der Waals surface area contributed by atoms with Crippen LogP contribution in [0.5, 0.6) is 17.2 Å². The maximum absolute atomic E-state index is 13.8. The summed E-state index contributed by atoms with van der Waals surface area (Å²) in [5, 5.41) is 3.10. The quantitative estimate of drug-likeness (QED) is 0.912. The van der Waals surface area contributed by atoms with E-state index in [1.807, 2.05) is 0 Å². The zero-order valence-corrected chi connectivity index (χ0v) is 13.8. The van der Waals surface area contributed by atoms with Gasteiger partial charge in [0.2, 0.25) is 6.79 Å². The van der Waals surface area contributed by atoms with Crippen molar-refractivity contribution in [1.29, 1.82) is 0 Å². The van der Waals surface area contributed by atoms with Crippen molar-refractivity contribution < 1.29 is 23.4 Å². The molecule has 1 amide bonds. The monoisotopic (exact) mass is 351 g/mol. The highest BCUT2D eigenvalue weighted by molar-refractivity contribution is 6.32. The van der Waals surface area contributed by atoms with Crippen LogP contribution in [0.3, 0.4) is 0 Å². The minimum atomic E-state index is -0.484. The van der Waals surface area contributed by atoms with Crippen molar-refractivity contribution in [2.75, 3.05) is 13.9 Å². The molecule has 0 spiro atoms. The van der Waals surface area contributed by atoms with Crippen LogP contribution < -0.4 is 19.5 Å². The van der Waals surface area contributed by atoms with Gasteiger partial charge < -0.3 is 19.5 Å². The van der Waals surface area contributed by atoms with Crippen molar-refractivity contribution in [2.24, 2.45) is 0 Å². The molecule has 3 rings (SSSR count). The number of benzene rings is 2. The molecule has 2 aromatic rings. The van der Waals surface area contributed by atoms with Crippen LogP contribution >= 0.6 is 11.6 Å². The number of hydrogen-bond donors (Lipinski definition) is 1. The van der Waals surface area contributed by atoms with Crippen molar-refractivity contribution in [2.45, 2.75) is 13.0 Å². The van der Waals surface area contributed by atoms with Crippen LogP contribution in [0, 0.1) is 5.82 Å². The third-order valence-electron chi connectivity index (χ3n) is 3.71. The van der Waals surface area contributed by atoms with Crippen molar-refractivity contribution >= 4 is 17.5 Å². The zero-order valence-electron chi connectivity index (χ0n) is 13.1. The Morgan fingerprint density at radius 3 is 2.83 bits per heavy atom. The fraction of sp³-hybridized carbons (Fsp3) is 0.235. The molecule has 1 aliphatic rings. The normalized spacial score (nSPS) is 13.5. The molecule has 1 aliphatic heterocycles. The van der Waals surface area contributed by atoms with Crippen LogP contribution in [-0.4, -0.2) is 19.8 Å². The fourth-order valence-corrected chi connectivity index (χ4v) is 2.68. The van der Waals surface area contributed by atoms with Gasteiger partial charge >= 0.3 is 0 Å². The largest absolute Gasteiger partial charge is 0.494 e. The molecule has 5 nitrogen and oxygen atoms in total. The second kappa shape index (κ2) is 6.57. The van der Waals surface area contributed by atoms with E-state index < -0.39 is 11.9 Å². The predicted molar refractivity (Wildman–Crippen MR) is 86.4 cm³/mol. The third kappa shape index (κ3) is 3.10. The Hall–Kier alpha value is -2.47. The summed E-state index contributed by atoms with van der Waals surface area (Å²) in [6.45, 7) is 1.83. The first-order valence-corrected chi connectivity index (χ1v) is 7.61. The van der Waals surface area contributed by atoms with E-state index in [9.17, 15) is 9.18 Å². The molecule has 0 aromatic heterocycles. The molecule has 126 valence electrons. The van der Waals surface area contributed by atoms with Gasteiger partial charge in [-0.2, -0.15) is 0 Å². The van der Waals surface area contributed by atoms with Gasteiger partial charge in [0.1, 0.15) is 0 Å². The number of nitrogens with one attached hydrogen (secondary N) is 1. The van der Waals surface area contributed by atoms with Crippen LogP contribution in [0.15, 0.2) is 30.3 Å². The van der Waals surface area contributed by atoms with Crippen molar-refractivity contribution in [3.63, 3.8) is 0 Å². The molecule has 2 aromatic carbocycles. The minimum absolute atomic E-state index is 0.0711. The number of amides is 1. The summed E-state index contributed by atoms with van der Waals surface area (Å²) in [6.07, 6.45) is 0. The summed E-state index contributed by atoms with van der Waals surface area (Å²) < 4.78 is 29.1. The van der Waals surface area contributed by atoms with Gasteiger partial charge in [-0.25, -0.2) is 4.39 Å². The number of halogens is 2. The van der Waals surface area contributed by atoms with E-state index in [1.54, 1.807) is 19.1 Å². The van der Waals surface area contributed by atoms with Crippen molar-refractivity contribution in [3.8, 4) is 17.2 Å². The molecular weight excluding hydrogens is 337 g/mol. The van der Waals surface area contributed by atoms with E-state index in [0.29, 0.717) is 27.6 Å². The van der Waals surface area contributed by atoms with E-state index in [2.05, 4.69) is 5.32 Å². The number of carbonyl (C=O) groups is 1. The molecule has 1 atom stereocenters. The molecule has 0 saturated heterocycles.